The van der Waals surface area contributed by atoms with E-state index in [1.54, 1.807) is 12.4 Å². The first-order valence-electron chi connectivity index (χ1n) is 5.73. The molecule has 3 aromatic rings. The van der Waals surface area contributed by atoms with Crippen LogP contribution in [0.1, 0.15) is 5.69 Å². The van der Waals surface area contributed by atoms with Crippen molar-refractivity contribution in [3.05, 3.63) is 54.5 Å². The van der Waals surface area contributed by atoms with E-state index in [2.05, 4.69) is 20.2 Å². The molecule has 0 amide bonds. The third-order valence-corrected chi connectivity index (χ3v) is 2.70. The Kier molecular flexibility index (Phi) is 2.61. The summed E-state index contributed by atoms with van der Waals surface area (Å²) in [6.07, 6.45) is 3.54. The maximum Gasteiger partial charge on any atom is 0.0943 e. The van der Waals surface area contributed by atoms with E-state index in [4.69, 9.17) is 0 Å². The lowest BCUT2D eigenvalue weighted by atomic mass is 10.2. The second kappa shape index (κ2) is 4.41. The molecule has 0 saturated heterocycles. The van der Waals surface area contributed by atoms with Crippen molar-refractivity contribution in [2.45, 2.75) is 6.92 Å². The van der Waals surface area contributed by atoms with E-state index < -0.39 is 0 Å². The molecule has 18 heavy (non-hydrogen) atoms. The Balaban J connectivity index is 2.00. The zero-order valence-electron chi connectivity index (χ0n) is 9.96. The van der Waals surface area contributed by atoms with E-state index in [1.165, 1.54) is 0 Å². The molecule has 0 radical (unpaired) electrons. The van der Waals surface area contributed by atoms with Gasteiger partial charge >= 0.3 is 0 Å². The summed E-state index contributed by atoms with van der Waals surface area (Å²) in [7, 11) is 0. The summed E-state index contributed by atoms with van der Waals surface area (Å²) in [6.45, 7) is 1.97. The number of hydrogen-bond donors (Lipinski definition) is 1. The summed E-state index contributed by atoms with van der Waals surface area (Å²) in [5.74, 6) is 0. The number of nitrogens with zero attached hydrogens (tertiary/aromatic N) is 3. The molecule has 0 spiro atoms. The smallest absolute Gasteiger partial charge is 0.0943 e. The molecule has 3 heterocycles. The minimum Gasteiger partial charge on any atom is -0.276 e. The van der Waals surface area contributed by atoms with Crippen LogP contribution in [-0.4, -0.2) is 20.2 Å². The van der Waals surface area contributed by atoms with Crippen molar-refractivity contribution in [1.29, 1.82) is 0 Å². The molecular weight excluding hydrogens is 224 g/mol. The van der Waals surface area contributed by atoms with E-state index in [-0.39, 0.29) is 0 Å². The second-order valence-corrected chi connectivity index (χ2v) is 4.07. The molecule has 0 fully saturated rings. The number of nitrogens with one attached hydrogen (secondary N) is 1. The quantitative estimate of drug-likeness (QED) is 0.744. The lowest BCUT2D eigenvalue weighted by molar-refractivity contribution is 1.08. The van der Waals surface area contributed by atoms with Crippen molar-refractivity contribution in [1.82, 2.24) is 20.2 Å². The summed E-state index contributed by atoms with van der Waals surface area (Å²) < 4.78 is 0. The lowest BCUT2D eigenvalue weighted by Crippen LogP contribution is -1.85. The van der Waals surface area contributed by atoms with Gasteiger partial charge in [-0.3, -0.25) is 15.1 Å². The first kappa shape index (κ1) is 10.7. The standard InChI is InChI=1S/C14H12N4/c1-10-4-2-6-12(16-10)14-8-13(17-18-14)11-5-3-7-15-9-11/h2-9H,1H3,(H,17,18). The molecular formula is C14H12N4. The molecule has 0 aliphatic carbocycles. The fraction of sp³-hybridized carbons (Fsp3) is 0.0714. The van der Waals surface area contributed by atoms with Crippen molar-refractivity contribution < 1.29 is 0 Å². The van der Waals surface area contributed by atoms with Crippen LogP contribution in [0.3, 0.4) is 0 Å². The van der Waals surface area contributed by atoms with Gasteiger partial charge in [-0.05, 0) is 37.3 Å². The van der Waals surface area contributed by atoms with Crippen molar-refractivity contribution >= 4 is 0 Å². The number of rotatable bonds is 2. The Bertz CT molecular complexity index is 658. The number of H-pyrrole nitrogens is 1. The topological polar surface area (TPSA) is 54.5 Å². The Morgan fingerprint density at radius 1 is 1.06 bits per heavy atom. The molecule has 0 aliphatic rings. The Hall–Kier alpha value is -2.49. The molecule has 1 N–H and O–H groups in total. The van der Waals surface area contributed by atoms with Gasteiger partial charge in [-0.25, -0.2) is 0 Å². The van der Waals surface area contributed by atoms with E-state index >= 15 is 0 Å². The lowest BCUT2D eigenvalue weighted by Gasteiger charge is -1.97. The van der Waals surface area contributed by atoms with Crippen LogP contribution < -0.4 is 0 Å². The van der Waals surface area contributed by atoms with Gasteiger partial charge in [-0.1, -0.05) is 6.07 Å². The highest BCUT2D eigenvalue weighted by molar-refractivity contribution is 5.65. The minimum atomic E-state index is 0.876. The van der Waals surface area contributed by atoms with Gasteiger partial charge < -0.3 is 0 Å². The van der Waals surface area contributed by atoms with E-state index in [0.717, 1.165) is 28.3 Å². The predicted molar refractivity (Wildman–Crippen MR) is 69.8 cm³/mol. The van der Waals surface area contributed by atoms with Crippen LogP contribution in [-0.2, 0) is 0 Å². The van der Waals surface area contributed by atoms with Gasteiger partial charge in [0.1, 0.15) is 0 Å². The SMILES string of the molecule is Cc1cccc(-c2cc(-c3cccnc3)n[nH]2)n1. The van der Waals surface area contributed by atoms with Crippen LogP contribution in [0.2, 0.25) is 0 Å². The van der Waals surface area contributed by atoms with Gasteiger partial charge in [-0.15, -0.1) is 0 Å². The highest BCUT2D eigenvalue weighted by Crippen LogP contribution is 2.21. The molecule has 0 aliphatic heterocycles. The maximum atomic E-state index is 4.46. The Labute approximate surface area is 105 Å². The van der Waals surface area contributed by atoms with Crippen LogP contribution >= 0.6 is 0 Å². The fourth-order valence-corrected chi connectivity index (χ4v) is 1.81. The number of aromatic nitrogens is 4. The fourth-order valence-electron chi connectivity index (χ4n) is 1.81. The normalized spacial score (nSPS) is 10.5. The first-order valence-corrected chi connectivity index (χ1v) is 5.73. The largest absolute Gasteiger partial charge is 0.276 e. The van der Waals surface area contributed by atoms with Crippen LogP contribution in [0.25, 0.3) is 22.6 Å². The molecule has 4 heteroatoms. The van der Waals surface area contributed by atoms with Gasteiger partial charge in [0.2, 0.25) is 0 Å². The molecule has 3 rings (SSSR count). The monoisotopic (exact) mass is 236 g/mol. The highest BCUT2D eigenvalue weighted by Gasteiger charge is 2.06. The Morgan fingerprint density at radius 2 is 2.00 bits per heavy atom. The number of aromatic amines is 1. The average molecular weight is 236 g/mol. The summed E-state index contributed by atoms with van der Waals surface area (Å²) in [5.41, 5.74) is 4.68. The van der Waals surface area contributed by atoms with E-state index in [9.17, 15) is 0 Å². The zero-order valence-corrected chi connectivity index (χ0v) is 9.96. The number of hydrogen-bond acceptors (Lipinski definition) is 3. The molecule has 0 aromatic carbocycles. The molecule has 4 nitrogen and oxygen atoms in total. The summed E-state index contributed by atoms with van der Waals surface area (Å²) in [5, 5.41) is 7.29. The molecule has 0 unspecified atom stereocenters. The van der Waals surface area contributed by atoms with Gasteiger partial charge in [0.15, 0.2) is 0 Å². The van der Waals surface area contributed by atoms with Crippen molar-refractivity contribution in [2.75, 3.05) is 0 Å². The molecule has 3 aromatic heterocycles. The third kappa shape index (κ3) is 2.00. The Morgan fingerprint density at radius 3 is 2.78 bits per heavy atom. The summed E-state index contributed by atoms with van der Waals surface area (Å²) in [4.78, 5) is 8.55. The van der Waals surface area contributed by atoms with Crippen molar-refractivity contribution in [2.24, 2.45) is 0 Å². The van der Waals surface area contributed by atoms with Gasteiger partial charge in [0, 0.05) is 23.7 Å². The van der Waals surface area contributed by atoms with Gasteiger partial charge in [-0.2, -0.15) is 5.10 Å². The summed E-state index contributed by atoms with van der Waals surface area (Å²) in [6, 6.07) is 11.8. The van der Waals surface area contributed by atoms with Gasteiger partial charge in [0.05, 0.1) is 17.1 Å². The molecule has 88 valence electrons. The van der Waals surface area contributed by atoms with Crippen LogP contribution in [0.15, 0.2) is 48.8 Å². The number of aryl methyl sites for hydroxylation is 1. The predicted octanol–water partition coefficient (Wildman–Crippen LogP) is 2.84. The highest BCUT2D eigenvalue weighted by atomic mass is 15.1. The molecule has 0 bridgehead atoms. The van der Waals surface area contributed by atoms with Crippen molar-refractivity contribution in [3.8, 4) is 22.6 Å². The zero-order chi connectivity index (χ0) is 12.4. The average Bonchev–Trinajstić information content (AvgIpc) is 2.89. The first-order chi connectivity index (χ1) is 8.83. The van der Waals surface area contributed by atoms with Crippen LogP contribution in [0, 0.1) is 6.92 Å². The number of pyridine rings is 2. The van der Waals surface area contributed by atoms with E-state index in [0.29, 0.717) is 0 Å². The maximum absolute atomic E-state index is 4.46. The summed E-state index contributed by atoms with van der Waals surface area (Å²) >= 11 is 0. The van der Waals surface area contributed by atoms with Gasteiger partial charge in [0.25, 0.3) is 0 Å². The van der Waals surface area contributed by atoms with Crippen LogP contribution in [0.5, 0.6) is 0 Å². The van der Waals surface area contributed by atoms with E-state index in [1.807, 2.05) is 43.3 Å². The second-order valence-electron chi connectivity index (χ2n) is 4.07. The molecule has 0 atom stereocenters. The van der Waals surface area contributed by atoms with Crippen molar-refractivity contribution in [3.63, 3.8) is 0 Å². The third-order valence-electron chi connectivity index (χ3n) is 2.70. The minimum absolute atomic E-state index is 0.876. The molecule has 0 saturated carbocycles. The van der Waals surface area contributed by atoms with Crippen LogP contribution in [0.4, 0.5) is 0 Å².